The molecule has 2 heterocycles. The van der Waals surface area contributed by atoms with E-state index in [1.807, 2.05) is 6.92 Å². The molecule has 1 aliphatic heterocycles. The lowest BCUT2D eigenvalue weighted by atomic mass is 10.0. The van der Waals surface area contributed by atoms with Crippen LogP contribution in [0.5, 0.6) is 5.75 Å². The molecule has 2 N–H and O–H groups in total. The molecule has 9 heteroatoms. The molecule has 1 unspecified atom stereocenters. The first-order valence-corrected chi connectivity index (χ1v) is 10.1. The van der Waals surface area contributed by atoms with E-state index < -0.39 is 11.6 Å². The number of hydrogen-bond acceptors (Lipinski definition) is 5. The minimum absolute atomic E-state index is 0.144. The fourth-order valence-electron chi connectivity index (χ4n) is 3.37. The van der Waals surface area contributed by atoms with Gasteiger partial charge in [0.15, 0.2) is 0 Å². The van der Waals surface area contributed by atoms with Gasteiger partial charge in [0.25, 0.3) is 5.91 Å². The number of aromatic hydroxyl groups is 1. The molecule has 0 spiro atoms. The molecule has 1 aromatic heterocycles. The van der Waals surface area contributed by atoms with Crippen LogP contribution in [-0.4, -0.2) is 43.0 Å². The Morgan fingerprint density at radius 2 is 1.83 bits per heavy atom. The SMILES string of the molecule is CC(=N)/C(Cn1cc(N2C(=O)N(Cc3ccc(O)cc3)C(C)(C)C2=O)cn1)=C(/C)P. The van der Waals surface area contributed by atoms with Crippen LogP contribution in [0.25, 0.3) is 0 Å². The highest BCUT2D eigenvalue weighted by Gasteiger charge is 2.52. The zero-order chi connectivity index (χ0) is 22.2. The number of phenolic OH excluding ortho intramolecular Hbond substituents is 1. The number of imide groups is 1. The molecule has 2 aromatic rings. The second kappa shape index (κ2) is 8.03. The van der Waals surface area contributed by atoms with Crippen molar-refractivity contribution in [1.29, 1.82) is 5.41 Å². The topological polar surface area (TPSA) is 103 Å². The van der Waals surface area contributed by atoms with E-state index in [9.17, 15) is 14.7 Å². The van der Waals surface area contributed by atoms with E-state index >= 15 is 0 Å². The van der Waals surface area contributed by atoms with E-state index in [0.29, 0.717) is 17.9 Å². The van der Waals surface area contributed by atoms with Gasteiger partial charge >= 0.3 is 6.03 Å². The Morgan fingerprint density at radius 3 is 2.40 bits per heavy atom. The maximum Gasteiger partial charge on any atom is 0.332 e. The zero-order valence-electron chi connectivity index (χ0n) is 17.5. The van der Waals surface area contributed by atoms with Crippen molar-refractivity contribution in [3.8, 4) is 5.75 Å². The van der Waals surface area contributed by atoms with Crippen LogP contribution in [0.3, 0.4) is 0 Å². The zero-order valence-corrected chi connectivity index (χ0v) is 18.7. The number of urea groups is 1. The Balaban J connectivity index is 1.86. The third-order valence-electron chi connectivity index (χ3n) is 5.23. The molecule has 0 saturated carbocycles. The molecule has 1 aliphatic rings. The molecule has 1 fully saturated rings. The van der Waals surface area contributed by atoms with E-state index in [1.165, 1.54) is 11.1 Å². The third kappa shape index (κ3) is 4.00. The number of nitrogens with one attached hydrogen (secondary N) is 1. The predicted molar refractivity (Wildman–Crippen MR) is 119 cm³/mol. The molecule has 8 nitrogen and oxygen atoms in total. The first kappa shape index (κ1) is 21.7. The quantitative estimate of drug-likeness (QED) is 0.418. The molecule has 3 amide bonds. The number of nitrogens with zero attached hydrogens (tertiary/aromatic N) is 4. The summed E-state index contributed by atoms with van der Waals surface area (Å²) >= 11 is 0. The van der Waals surface area contributed by atoms with Gasteiger partial charge in [-0.15, -0.1) is 9.24 Å². The van der Waals surface area contributed by atoms with Crippen molar-refractivity contribution in [2.45, 2.75) is 46.3 Å². The Morgan fingerprint density at radius 1 is 1.20 bits per heavy atom. The monoisotopic (exact) mass is 427 g/mol. The Kier molecular flexibility index (Phi) is 5.81. The van der Waals surface area contributed by atoms with Gasteiger partial charge in [-0.2, -0.15) is 5.10 Å². The molecule has 0 radical (unpaired) electrons. The minimum atomic E-state index is -1.02. The van der Waals surface area contributed by atoms with Crippen molar-refractivity contribution in [1.82, 2.24) is 14.7 Å². The van der Waals surface area contributed by atoms with Gasteiger partial charge in [-0.3, -0.25) is 9.48 Å². The van der Waals surface area contributed by atoms with Crippen molar-refractivity contribution in [2.24, 2.45) is 0 Å². The second-order valence-corrected chi connectivity index (χ2v) is 8.78. The predicted octanol–water partition coefficient (Wildman–Crippen LogP) is 3.52. The van der Waals surface area contributed by atoms with Gasteiger partial charge in [-0.05, 0) is 56.3 Å². The number of hydrogen-bond donors (Lipinski definition) is 2. The van der Waals surface area contributed by atoms with Crippen molar-refractivity contribution in [2.75, 3.05) is 4.90 Å². The number of benzene rings is 1. The van der Waals surface area contributed by atoms with Crippen molar-refractivity contribution in [3.05, 3.63) is 53.1 Å². The average Bonchev–Trinajstić information content (AvgIpc) is 3.18. The molecule has 0 aliphatic carbocycles. The number of carbonyl (C=O) groups is 2. The highest BCUT2D eigenvalue weighted by Crippen LogP contribution is 2.33. The van der Waals surface area contributed by atoms with Crippen molar-refractivity contribution >= 4 is 32.6 Å². The second-order valence-electron chi connectivity index (χ2n) is 7.92. The van der Waals surface area contributed by atoms with E-state index in [0.717, 1.165) is 21.4 Å². The van der Waals surface area contributed by atoms with Crippen molar-refractivity contribution in [3.63, 3.8) is 0 Å². The largest absolute Gasteiger partial charge is 0.508 e. The molecule has 1 atom stereocenters. The van der Waals surface area contributed by atoms with Crippen LogP contribution < -0.4 is 4.90 Å². The van der Waals surface area contributed by atoms with Crippen molar-refractivity contribution < 1.29 is 14.7 Å². The standard InChI is InChI=1S/C21H26N5O3P/c1-13(22)18(14(2)30)12-24-11-16(9-23-24)26-19(28)21(3,4)25(20(26)29)10-15-5-7-17(27)8-6-15/h5-9,11,22,27H,10,12,30H2,1-4H3/b18-14-,22-13?. The lowest BCUT2D eigenvalue weighted by Gasteiger charge is -2.27. The number of carbonyl (C=O) groups excluding carboxylic acids is 2. The van der Waals surface area contributed by atoms with Gasteiger partial charge < -0.3 is 15.4 Å². The summed E-state index contributed by atoms with van der Waals surface area (Å²) in [4.78, 5) is 28.9. The smallest absolute Gasteiger partial charge is 0.332 e. The first-order chi connectivity index (χ1) is 14.0. The van der Waals surface area contributed by atoms with Crippen LogP contribution >= 0.6 is 9.24 Å². The summed E-state index contributed by atoms with van der Waals surface area (Å²) in [7, 11) is 2.59. The number of amides is 3. The molecule has 30 heavy (non-hydrogen) atoms. The summed E-state index contributed by atoms with van der Waals surface area (Å²) in [6.45, 7) is 7.67. The minimum Gasteiger partial charge on any atom is -0.508 e. The van der Waals surface area contributed by atoms with E-state index in [-0.39, 0.29) is 18.2 Å². The Labute approximate surface area is 177 Å². The van der Waals surface area contributed by atoms with Gasteiger partial charge in [0.2, 0.25) is 0 Å². The summed E-state index contributed by atoms with van der Waals surface area (Å²) in [5.74, 6) is -0.183. The van der Waals surface area contributed by atoms with Gasteiger partial charge in [0.05, 0.1) is 18.4 Å². The number of allylic oxidation sites excluding steroid dienone is 2. The summed E-state index contributed by atoms with van der Waals surface area (Å²) < 4.78 is 1.62. The van der Waals surface area contributed by atoms with Crippen LogP contribution in [0.2, 0.25) is 0 Å². The Hall–Kier alpha value is -2.99. The normalized spacial score (nSPS) is 16.8. The first-order valence-electron chi connectivity index (χ1n) is 9.49. The van der Waals surface area contributed by atoms with Crippen LogP contribution in [0, 0.1) is 5.41 Å². The maximum absolute atomic E-state index is 13.1. The van der Waals surface area contributed by atoms with Gasteiger partial charge in [-0.25, -0.2) is 9.69 Å². The van der Waals surface area contributed by atoms with E-state index in [2.05, 4.69) is 14.3 Å². The van der Waals surface area contributed by atoms with Gasteiger partial charge in [0, 0.05) is 18.5 Å². The van der Waals surface area contributed by atoms with Crippen LogP contribution in [0.4, 0.5) is 10.5 Å². The number of aromatic nitrogens is 2. The fraction of sp³-hybridized carbons (Fsp3) is 0.333. The number of phenols is 1. The lowest BCUT2D eigenvalue weighted by molar-refractivity contribution is -0.123. The molecule has 0 bridgehead atoms. The van der Waals surface area contributed by atoms with Crippen LogP contribution in [0.1, 0.15) is 33.3 Å². The van der Waals surface area contributed by atoms with Gasteiger partial charge in [-0.1, -0.05) is 12.1 Å². The molecule has 3 rings (SSSR count). The maximum atomic E-state index is 13.1. The molecular weight excluding hydrogens is 401 g/mol. The summed E-state index contributed by atoms with van der Waals surface area (Å²) in [6.07, 6.45) is 3.14. The van der Waals surface area contributed by atoms with Crippen LogP contribution in [0.15, 0.2) is 47.5 Å². The fourth-order valence-corrected chi connectivity index (χ4v) is 3.68. The third-order valence-corrected chi connectivity index (χ3v) is 5.58. The summed E-state index contributed by atoms with van der Waals surface area (Å²) in [5, 5.41) is 22.6. The summed E-state index contributed by atoms with van der Waals surface area (Å²) in [6, 6.07) is 6.14. The highest BCUT2D eigenvalue weighted by molar-refractivity contribution is 7.22. The molecular formula is C21H26N5O3P. The van der Waals surface area contributed by atoms with E-state index in [1.54, 1.807) is 55.9 Å². The van der Waals surface area contributed by atoms with Crippen LogP contribution in [-0.2, 0) is 17.9 Å². The highest BCUT2D eigenvalue weighted by atomic mass is 31.0. The lowest BCUT2D eigenvalue weighted by Crippen LogP contribution is -2.43. The van der Waals surface area contributed by atoms with Gasteiger partial charge in [0.1, 0.15) is 11.3 Å². The number of rotatable bonds is 6. The molecule has 158 valence electrons. The Bertz CT molecular complexity index is 1040. The number of anilines is 1. The molecule has 1 aromatic carbocycles. The molecule has 1 saturated heterocycles. The summed E-state index contributed by atoms with van der Waals surface area (Å²) in [5.41, 5.74) is 1.45. The van der Waals surface area contributed by atoms with E-state index in [4.69, 9.17) is 5.41 Å². The average molecular weight is 427 g/mol.